The van der Waals surface area contributed by atoms with Gasteiger partial charge in [-0.1, -0.05) is 159 Å². The largest absolute Gasteiger partial charge is 0.476 e. The summed E-state index contributed by atoms with van der Waals surface area (Å²) in [6, 6.07) is 52.8. The van der Waals surface area contributed by atoms with Crippen molar-refractivity contribution in [2.24, 2.45) is 17.2 Å². The summed E-state index contributed by atoms with van der Waals surface area (Å²) < 4.78 is 0. The zero-order valence-electron chi connectivity index (χ0n) is 64.4. The lowest BCUT2D eigenvalue weighted by atomic mass is 9.76. The molecule has 0 aromatic heterocycles. The van der Waals surface area contributed by atoms with Gasteiger partial charge in [-0.3, -0.25) is 57.5 Å². The Morgan fingerprint density at radius 1 is 0.289 bits per heavy atom. The number of primary amides is 3. The summed E-state index contributed by atoms with van der Waals surface area (Å²) in [5, 5.41) is 123. The first-order chi connectivity index (χ1) is 53.8. The maximum atomic E-state index is 12.1. The summed E-state index contributed by atoms with van der Waals surface area (Å²) in [6.07, 6.45) is 4.10. The maximum absolute atomic E-state index is 12.1. The standard InChI is InChI=1S/C17H18BNO4.C16H17BN2O4.C14H20BNO4.C13H19BN2O4.C8H16BNO4.C7H15BN2O4/c1-12(20)11-16(18(22)23)19-17(21)15-9-7-14(8-10-15)13-5-3-2-4-6-13;18-15(20)10-14(17(22)23)19-16(21)13-8-6-12(7-9-13)11-4-2-1-3-5-11;1-11(17)10-13(15(19)20)16-14(18)9-5-8-12-6-3-2-4-7-12;15-12(17)9-11(14(19)20)16-13(18)8-4-7-10-5-2-1-3-6-10;1-3-4-8(12)10-7(9(13)14)5-6(2)11;1-2-3-7(12)10-5(8(13)14)4-6(9)11/h2-10,16,22-23H,11H2,1H3,(H,19,21);1-9,14,22-23H,10H2,(H2,18,20)(H,19,21);2-4,6-7,13,19-20H,5,8-10H2,1H3,(H,16,18);1-3,5-6,11,19-20H,4,7-9H2,(H2,15,17)(H,16,18);7,13-14H,3-5H2,1-2H3,(H,10,12);5,13-14H,2-4H2,1H3,(H2,9,11)(H,10,12)/t16-;14-;13-;11-;7-;5-/m010101/s1. The molecule has 24 N–H and O–H groups in total. The van der Waals surface area contributed by atoms with E-state index in [1.165, 1.54) is 20.8 Å². The van der Waals surface area contributed by atoms with Crippen LogP contribution in [0.15, 0.2) is 170 Å². The van der Waals surface area contributed by atoms with Crippen molar-refractivity contribution in [2.45, 2.75) is 173 Å². The van der Waals surface area contributed by atoms with Gasteiger partial charge in [-0.15, -0.1) is 0 Å². The molecule has 0 aliphatic carbocycles. The molecule has 0 spiro atoms. The number of carbonyl (C=O) groups excluding carboxylic acids is 12. The van der Waals surface area contributed by atoms with E-state index < -0.39 is 108 Å². The molecule has 0 unspecified atom stereocenters. The highest BCUT2D eigenvalue weighted by Gasteiger charge is 2.32. The van der Waals surface area contributed by atoms with Gasteiger partial charge in [-0.25, -0.2) is 0 Å². The van der Waals surface area contributed by atoms with Crippen molar-refractivity contribution in [3.05, 3.63) is 192 Å². The van der Waals surface area contributed by atoms with Crippen LogP contribution in [0.5, 0.6) is 0 Å². The molecule has 612 valence electrons. The zero-order valence-corrected chi connectivity index (χ0v) is 64.4. The number of ketones is 3. The van der Waals surface area contributed by atoms with Gasteiger partial charge in [0.15, 0.2) is 0 Å². The molecule has 6 aromatic carbocycles. The predicted molar refractivity (Wildman–Crippen MR) is 431 cm³/mol. The van der Waals surface area contributed by atoms with Gasteiger partial charge >= 0.3 is 42.7 Å². The molecule has 6 atom stereocenters. The van der Waals surface area contributed by atoms with E-state index >= 15 is 0 Å². The van der Waals surface area contributed by atoms with Crippen molar-refractivity contribution in [2.75, 3.05) is 0 Å². The number of amides is 9. The molecule has 39 heteroatoms. The van der Waals surface area contributed by atoms with Crippen LogP contribution in [-0.4, -0.2) is 209 Å². The molecule has 0 heterocycles. The summed E-state index contributed by atoms with van der Waals surface area (Å²) in [7, 11) is -10.7. The lowest BCUT2D eigenvalue weighted by Gasteiger charge is -2.16. The molecular formula is C75H105B6N9O24. The molecule has 0 radical (unpaired) electrons. The van der Waals surface area contributed by atoms with E-state index in [0.29, 0.717) is 43.2 Å². The van der Waals surface area contributed by atoms with Gasteiger partial charge < -0.3 is 109 Å². The third kappa shape index (κ3) is 47.1. The molecule has 0 aliphatic heterocycles. The highest BCUT2D eigenvalue weighted by Crippen LogP contribution is 2.21. The van der Waals surface area contributed by atoms with E-state index in [1.807, 2.05) is 147 Å². The van der Waals surface area contributed by atoms with Crippen LogP contribution >= 0.6 is 0 Å². The van der Waals surface area contributed by atoms with E-state index in [1.54, 1.807) is 36.4 Å². The first kappa shape index (κ1) is 101. The molecule has 0 saturated carbocycles. The highest BCUT2D eigenvalue weighted by molar-refractivity contribution is 6.46. The fraction of sp³-hybridized carbons (Fsp3) is 0.360. The molecule has 6 rings (SSSR count). The van der Waals surface area contributed by atoms with Crippen molar-refractivity contribution in [1.82, 2.24) is 31.9 Å². The van der Waals surface area contributed by atoms with Crippen LogP contribution in [0.1, 0.15) is 156 Å². The maximum Gasteiger partial charge on any atom is 0.476 e. The number of benzene rings is 6. The molecule has 0 fully saturated rings. The minimum absolute atomic E-state index is 0.0624. The topological polar surface area (TPSA) is 598 Å². The van der Waals surface area contributed by atoms with Crippen molar-refractivity contribution in [3.8, 4) is 22.3 Å². The minimum Gasteiger partial charge on any atom is -0.426 e. The van der Waals surface area contributed by atoms with Crippen LogP contribution in [0.2, 0.25) is 0 Å². The third-order valence-corrected chi connectivity index (χ3v) is 15.9. The number of Topliss-reactive ketones (excluding diaryl/α,β-unsaturated/α-hetero) is 3. The summed E-state index contributed by atoms with van der Waals surface area (Å²) >= 11 is 0. The molecular weight excluding hydrogens is 1480 g/mol. The van der Waals surface area contributed by atoms with E-state index in [9.17, 15) is 77.6 Å². The first-order valence-electron chi connectivity index (χ1n) is 36.5. The Hall–Kier alpha value is -10.5. The van der Waals surface area contributed by atoms with Gasteiger partial charge in [-0.2, -0.15) is 0 Å². The molecule has 114 heavy (non-hydrogen) atoms. The van der Waals surface area contributed by atoms with Gasteiger partial charge in [0.1, 0.15) is 17.3 Å². The normalized spacial score (nSPS) is 11.7. The molecule has 6 aromatic rings. The quantitative estimate of drug-likeness (QED) is 0.0207. The third-order valence-electron chi connectivity index (χ3n) is 15.9. The molecule has 9 amide bonds. The lowest BCUT2D eigenvalue weighted by Crippen LogP contribution is -2.48. The van der Waals surface area contributed by atoms with Gasteiger partial charge in [0.2, 0.25) is 41.4 Å². The van der Waals surface area contributed by atoms with Gasteiger partial charge in [0, 0.05) is 75.3 Å². The van der Waals surface area contributed by atoms with Gasteiger partial charge in [-0.05, 0) is 117 Å². The summed E-state index contributed by atoms with van der Waals surface area (Å²) in [5.41, 5.74) is 21.9. The Morgan fingerprint density at radius 3 is 0.728 bits per heavy atom. The number of hydrogen-bond acceptors (Lipinski definition) is 24. The molecule has 33 nitrogen and oxygen atoms in total. The lowest BCUT2D eigenvalue weighted by molar-refractivity contribution is -0.123. The van der Waals surface area contributed by atoms with E-state index in [0.717, 1.165) is 46.2 Å². The van der Waals surface area contributed by atoms with E-state index in [4.69, 9.17) is 57.4 Å². The number of aryl methyl sites for hydroxylation is 2. The minimum atomic E-state index is -1.87. The van der Waals surface area contributed by atoms with Crippen molar-refractivity contribution >= 4 is 113 Å². The highest BCUT2D eigenvalue weighted by atomic mass is 16.4. The average Bonchev–Trinajstić information content (AvgIpc) is 0.851. The number of hydrogen-bond donors (Lipinski definition) is 21. The SMILES string of the molecule is CC(=O)C[C@H](NC(=O)CCCc1ccccc1)B(O)O.CC(=O)C[C@H](NC(=O)c1ccc(-c2ccccc2)cc1)B(O)O.CCCC(=O)N[C@@H](CC(C)=O)B(O)O.CCCC(=O)N[C@H](CC(N)=O)B(O)O.NC(=O)C[C@@H](NC(=O)CCCc1ccccc1)B(O)O.NC(=O)C[C@@H](NC(=O)c1ccc(-c2ccccc2)cc1)B(O)O. The Labute approximate surface area is 664 Å². The smallest absolute Gasteiger partial charge is 0.426 e. The number of nitrogens with one attached hydrogen (secondary N) is 6. The Morgan fingerprint density at radius 2 is 0.500 bits per heavy atom. The van der Waals surface area contributed by atoms with Crippen molar-refractivity contribution < 1.29 is 118 Å². The summed E-state index contributed by atoms with van der Waals surface area (Å²) in [4.78, 5) is 135. The van der Waals surface area contributed by atoms with Gasteiger partial charge in [0.25, 0.3) is 11.8 Å². The van der Waals surface area contributed by atoms with Crippen LogP contribution < -0.4 is 49.1 Å². The second kappa shape index (κ2) is 57.5. The predicted octanol–water partition coefficient (Wildman–Crippen LogP) is -0.930. The Bertz CT molecular complexity index is 3620. The number of rotatable bonds is 40. The fourth-order valence-corrected chi connectivity index (χ4v) is 10.1. The van der Waals surface area contributed by atoms with Crippen LogP contribution in [0.4, 0.5) is 0 Å². The fourth-order valence-electron chi connectivity index (χ4n) is 10.1. The van der Waals surface area contributed by atoms with E-state index in [-0.39, 0.29) is 98.8 Å². The van der Waals surface area contributed by atoms with Gasteiger partial charge in [0.05, 0.1) is 35.6 Å². The average molecular weight is 1580 g/mol. The van der Waals surface area contributed by atoms with Crippen molar-refractivity contribution in [1.29, 1.82) is 0 Å². The van der Waals surface area contributed by atoms with Crippen molar-refractivity contribution in [3.63, 3.8) is 0 Å². The molecule has 0 aliphatic rings. The van der Waals surface area contributed by atoms with E-state index in [2.05, 4.69) is 31.9 Å². The van der Waals surface area contributed by atoms with Crippen LogP contribution in [0.3, 0.4) is 0 Å². The number of carbonyl (C=O) groups is 12. The summed E-state index contributed by atoms with van der Waals surface area (Å²) in [5.74, 6) is -11.0. The van der Waals surface area contributed by atoms with Crippen LogP contribution in [0, 0.1) is 0 Å². The van der Waals surface area contributed by atoms with Crippen LogP contribution in [-0.2, 0) is 60.8 Å². The zero-order chi connectivity index (χ0) is 85.8. The monoisotopic (exact) mass is 1580 g/mol. The first-order valence-corrected chi connectivity index (χ1v) is 36.5. The number of nitrogens with two attached hydrogens (primary N) is 3. The Balaban J connectivity index is 0.000000691. The molecule has 0 saturated heterocycles. The summed E-state index contributed by atoms with van der Waals surface area (Å²) in [6.45, 7) is 7.67. The second-order valence-corrected chi connectivity index (χ2v) is 26.1. The molecule has 0 bridgehead atoms. The second-order valence-electron chi connectivity index (χ2n) is 26.1. The van der Waals surface area contributed by atoms with Crippen LogP contribution in [0.25, 0.3) is 22.3 Å². The Kier molecular flexibility index (Phi) is 51.2.